The van der Waals surface area contributed by atoms with Crippen LogP contribution in [0.4, 0.5) is 10.1 Å². The van der Waals surface area contributed by atoms with Crippen molar-refractivity contribution in [3.8, 4) is 6.07 Å². The average Bonchev–Trinajstić information content (AvgIpc) is 2.28. The van der Waals surface area contributed by atoms with E-state index in [1.54, 1.807) is 19.9 Å². The molecule has 0 fully saturated rings. The van der Waals surface area contributed by atoms with Crippen LogP contribution in [-0.4, -0.2) is 18.6 Å². The van der Waals surface area contributed by atoms with Crippen LogP contribution in [-0.2, 0) is 9.53 Å². The molecule has 0 bridgehead atoms. The van der Waals surface area contributed by atoms with Crippen molar-refractivity contribution in [3.05, 3.63) is 29.6 Å². The van der Waals surface area contributed by atoms with Crippen LogP contribution in [0.5, 0.6) is 0 Å². The number of ether oxygens (including phenoxy) is 1. The van der Waals surface area contributed by atoms with Crippen molar-refractivity contribution in [2.45, 2.75) is 25.9 Å². The molecule has 0 unspecified atom stereocenters. The smallest absolute Gasteiger partial charge is 0.227 e. The molecule has 0 heterocycles. The predicted molar refractivity (Wildman–Crippen MR) is 65.4 cm³/mol. The number of hydrogen-bond acceptors (Lipinski definition) is 3. The molecule has 0 atom stereocenters. The summed E-state index contributed by atoms with van der Waals surface area (Å²) in [5.74, 6) is -0.981. The number of nitrogens with zero attached hydrogens (tertiary/aromatic N) is 1. The molecule has 0 aliphatic heterocycles. The van der Waals surface area contributed by atoms with Gasteiger partial charge in [0.2, 0.25) is 5.91 Å². The van der Waals surface area contributed by atoms with E-state index in [1.165, 1.54) is 25.3 Å². The van der Waals surface area contributed by atoms with Gasteiger partial charge in [0.05, 0.1) is 17.7 Å². The maximum atomic E-state index is 13.3. The first kappa shape index (κ1) is 14.1. The highest BCUT2D eigenvalue weighted by atomic mass is 19.1. The Morgan fingerprint density at radius 1 is 1.56 bits per heavy atom. The van der Waals surface area contributed by atoms with Crippen LogP contribution in [0.3, 0.4) is 0 Å². The minimum Gasteiger partial charge on any atom is -0.378 e. The first-order valence-corrected chi connectivity index (χ1v) is 5.43. The van der Waals surface area contributed by atoms with Crippen LogP contribution < -0.4 is 5.32 Å². The van der Waals surface area contributed by atoms with Crippen LogP contribution >= 0.6 is 0 Å². The largest absolute Gasteiger partial charge is 0.378 e. The highest BCUT2D eigenvalue weighted by molar-refractivity contribution is 5.92. The molecule has 1 N–H and O–H groups in total. The van der Waals surface area contributed by atoms with E-state index in [-0.39, 0.29) is 23.6 Å². The normalized spacial score (nSPS) is 10.8. The van der Waals surface area contributed by atoms with E-state index in [0.29, 0.717) is 0 Å². The fraction of sp³-hybridized carbons (Fsp3) is 0.385. The number of anilines is 1. The Morgan fingerprint density at radius 3 is 2.78 bits per heavy atom. The van der Waals surface area contributed by atoms with E-state index in [0.717, 1.165) is 0 Å². The number of amides is 1. The van der Waals surface area contributed by atoms with Crippen LogP contribution in [0, 0.1) is 17.1 Å². The van der Waals surface area contributed by atoms with Gasteiger partial charge in [-0.1, -0.05) is 6.07 Å². The lowest BCUT2D eigenvalue weighted by molar-refractivity contribution is -0.121. The second kappa shape index (κ2) is 5.61. The number of nitrogens with one attached hydrogen (secondary N) is 1. The van der Waals surface area contributed by atoms with Crippen molar-refractivity contribution >= 4 is 11.6 Å². The minimum atomic E-state index is -0.652. The van der Waals surface area contributed by atoms with Crippen molar-refractivity contribution < 1.29 is 13.9 Å². The van der Waals surface area contributed by atoms with E-state index >= 15 is 0 Å². The van der Waals surface area contributed by atoms with Crippen molar-refractivity contribution in [1.82, 2.24) is 0 Å². The van der Waals surface area contributed by atoms with Crippen LogP contribution in [0.2, 0.25) is 0 Å². The molecule has 0 spiro atoms. The standard InChI is InChI=1S/C13H15FN2O2/c1-13(2,18-3)7-12(17)16-11-6-4-5-10(14)9(11)8-15/h4-6H,7H2,1-3H3,(H,16,17). The van der Waals surface area contributed by atoms with Gasteiger partial charge in [0.1, 0.15) is 17.4 Å². The SMILES string of the molecule is COC(C)(C)CC(=O)Nc1cccc(F)c1C#N. The quantitative estimate of drug-likeness (QED) is 0.892. The second-order valence-electron chi connectivity index (χ2n) is 4.46. The molecule has 0 aliphatic carbocycles. The second-order valence-corrected chi connectivity index (χ2v) is 4.46. The molecular formula is C13H15FN2O2. The fourth-order valence-corrected chi connectivity index (χ4v) is 1.40. The number of benzene rings is 1. The molecule has 18 heavy (non-hydrogen) atoms. The Kier molecular flexibility index (Phi) is 4.40. The average molecular weight is 250 g/mol. The summed E-state index contributed by atoms with van der Waals surface area (Å²) in [7, 11) is 1.51. The molecule has 0 saturated heterocycles. The third-order valence-corrected chi connectivity index (χ3v) is 2.54. The molecule has 1 rings (SSSR count). The zero-order chi connectivity index (χ0) is 13.8. The molecule has 96 valence electrons. The summed E-state index contributed by atoms with van der Waals surface area (Å²) in [6.45, 7) is 3.53. The molecule has 0 radical (unpaired) electrons. The summed E-state index contributed by atoms with van der Waals surface area (Å²) in [5, 5.41) is 11.3. The molecule has 1 aromatic carbocycles. The van der Waals surface area contributed by atoms with E-state index in [2.05, 4.69) is 5.32 Å². The molecule has 0 aromatic heterocycles. The third-order valence-electron chi connectivity index (χ3n) is 2.54. The molecule has 1 amide bonds. The van der Waals surface area contributed by atoms with Crippen LogP contribution in [0.25, 0.3) is 0 Å². The van der Waals surface area contributed by atoms with E-state index in [9.17, 15) is 9.18 Å². The van der Waals surface area contributed by atoms with Gasteiger partial charge in [0, 0.05) is 7.11 Å². The van der Waals surface area contributed by atoms with Crippen molar-refractivity contribution in [2.24, 2.45) is 0 Å². The lowest BCUT2D eigenvalue weighted by Gasteiger charge is -2.22. The number of halogens is 1. The Hall–Kier alpha value is -1.93. The van der Waals surface area contributed by atoms with E-state index in [4.69, 9.17) is 10.00 Å². The van der Waals surface area contributed by atoms with Gasteiger partial charge in [-0.25, -0.2) is 4.39 Å². The highest BCUT2D eigenvalue weighted by Gasteiger charge is 2.21. The fourth-order valence-electron chi connectivity index (χ4n) is 1.40. The molecular weight excluding hydrogens is 235 g/mol. The summed E-state index contributed by atoms with van der Waals surface area (Å²) in [4.78, 5) is 11.7. The Bertz CT molecular complexity index is 492. The summed E-state index contributed by atoms with van der Waals surface area (Å²) in [6.07, 6.45) is 0.116. The van der Waals surface area contributed by atoms with Gasteiger partial charge >= 0.3 is 0 Å². The van der Waals surface area contributed by atoms with Gasteiger partial charge in [-0.05, 0) is 26.0 Å². The first-order valence-electron chi connectivity index (χ1n) is 5.43. The Balaban J connectivity index is 2.84. The van der Waals surface area contributed by atoms with Crippen molar-refractivity contribution in [1.29, 1.82) is 5.26 Å². The van der Waals surface area contributed by atoms with Gasteiger partial charge < -0.3 is 10.1 Å². The topological polar surface area (TPSA) is 62.1 Å². The summed E-state index contributed by atoms with van der Waals surface area (Å²) >= 11 is 0. The number of rotatable bonds is 4. The highest BCUT2D eigenvalue weighted by Crippen LogP contribution is 2.20. The zero-order valence-corrected chi connectivity index (χ0v) is 10.6. The van der Waals surface area contributed by atoms with Gasteiger partial charge in [-0.3, -0.25) is 4.79 Å². The van der Waals surface area contributed by atoms with Gasteiger partial charge in [-0.15, -0.1) is 0 Å². The van der Waals surface area contributed by atoms with Gasteiger partial charge in [0.25, 0.3) is 0 Å². The number of methoxy groups -OCH3 is 1. The monoisotopic (exact) mass is 250 g/mol. The lowest BCUT2D eigenvalue weighted by Crippen LogP contribution is -2.29. The Morgan fingerprint density at radius 2 is 2.22 bits per heavy atom. The predicted octanol–water partition coefficient (Wildman–Crippen LogP) is 2.45. The van der Waals surface area contributed by atoms with Gasteiger partial charge in [0.15, 0.2) is 0 Å². The summed E-state index contributed by atoms with van der Waals surface area (Å²) in [6, 6.07) is 5.82. The zero-order valence-electron chi connectivity index (χ0n) is 10.6. The molecule has 1 aromatic rings. The van der Waals surface area contributed by atoms with Crippen LogP contribution in [0.1, 0.15) is 25.8 Å². The lowest BCUT2D eigenvalue weighted by atomic mass is 10.0. The molecule has 0 saturated carbocycles. The number of hydrogen-bond donors (Lipinski definition) is 1. The number of carbonyl (C=O) groups is 1. The summed E-state index contributed by atoms with van der Waals surface area (Å²) < 4.78 is 18.4. The molecule has 5 heteroatoms. The first-order chi connectivity index (χ1) is 8.39. The number of carbonyl (C=O) groups excluding carboxylic acids is 1. The summed E-state index contributed by atoms with van der Waals surface area (Å²) in [5.41, 5.74) is -0.597. The van der Waals surface area contributed by atoms with Gasteiger partial charge in [-0.2, -0.15) is 5.26 Å². The maximum Gasteiger partial charge on any atom is 0.227 e. The molecule has 4 nitrogen and oxygen atoms in total. The van der Waals surface area contributed by atoms with E-state index in [1.807, 2.05) is 0 Å². The maximum absolute atomic E-state index is 13.3. The van der Waals surface area contributed by atoms with Crippen molar-refractivity contribution in [3.63, 3.8) is 0 Å². The minimum absolute atomic E-state index is 0.116. The number of nitriles is 1. The van der Waals surface area contributed by atoms with Crippen LogP contribution in [0.15, 0.2) is 18.2 Å². The van der Waals surface area contributed by atoms with E-state index < -0.39 is 11.4 Å². The molecule has 0 aliphatic rings. The third kappa shape index (κ3) is 3.54. The Labute approximate surface area is 105 Å². The van der Waals surface area contributed by atoms with Crippen molar-refractivity contribution in [2.75, 3.05) is 12.4 Å².